The van der Waals surface area contributed by atoms with Crippen molar-refractivity contribution < 1.29 is 2070 Å². The van der Waals surface area contributed by atoms with Gasteiger partial charge < -0.3 is 17.1 Å². The molecule has 0 bridgehead atoms. The van der Waals surface area contributed by atoms with Gasteiger partial charge >= 0.3 is 0 Å². The molecule has 0 aromatic carbocycles. The van der Waals surface area contributed by atoms with Crippen LogP contribution in [0.15, 0.2) is 0 Å². The third kappa shape index (κ3) is 451. The molecule has 1 nitrogen and oxygen atoms in total. The van der Waals surface area contributed by atoms with Gasteiger partial charge in [0.05, 0.1) is 0 Å². The first-order valence-electron chi connectivity index (χ1n) is 2.32. The smallest absolute Gasteiger partial charge is 0 e. The second kappa shape index (κ2) is 449. The molecule has 0 saturated heterocycles. The van der Waals surface area contributed by atoms with Crippen LogP contribution < -0.4 is 0 Å². The van der Waals surface area contributed by atoms with E-state index in [0.29, 0.717) is 0 Å². The third-order valence-electron chi connectivity index (χ3n) is 0.755. The fraction of sp³-hybridized carbons (Fsp3) is 0.500. The maximum atomic E-state index is 10.4. The number of carbonyl (C=O) groups excluding carboxylic acids is 1. The summed E-state index contributed by atoms with van der Waals surface area (Å²) in [6, 6.07) is 0. The number of hydrogen-bond acceptors (Lipinski definition) is 1. The van der Waals surface area contributed by atoms with Crippen LogP contribution in [0.4, 0.5) is 0 Å². The molecule has 0 aliphatic rings. The van der Waals surface area contributed by atoms with E-state index in [1.54, 1.807) is 13.3 Å². The van der Waals surface area contributed by atoms with Gasteiger partial charge in [-0.25, -0.2) is 0 Å². The molecule has 0 aromatic rings. The Morgan fingerprint density at radius 1 is 0.171 bits per heavy atom. The minimum atomic E-state index is 0. The Morgan fingerprint density at radius 2 is 0.214 bits per heavy atom. The van der Waals surface area contributed by atoms with Gasteiger partial charge in [0.25, 0.3) is 0 Å². The predicted octanol–water partition coefficient (Wildman–Crippen LogP) is 1.24. The zero-order valence-electron chi connectivity index (χ0n) is 41.4. The molecule has 0 aliphatic heterocycles. The Morgan fingerprint density at radius 3 is 0.214 bits per heavy atom. The second-order valence-corrected chi connectivity index (χ2v) is 1.65. The Balaban J connectivity index is -0.0000000000922. The first kappa shape index (κ1) is 471. The number of Topliss-reactive ketones (excluding diaryl/α,β-unsaturated/α-hetero) is 1. The van der Waals surface area contributed by atoms with Crippen LogP contribution in [-0.2, 0) is 2070 Å². The standard InChI is InChI=1S/C6H10O.63Y/c1-4-6(7)5(2)3;;;;;;;;;;;;;;;;;;;;;;;;;;;;;;;;;;;;;;;;;;;;;;;;;;;;;;;;;;;;;;;/h4H,1-3H3;;;;;;;;;;;;;;;;;;;;;;;;;;;;;;;;;;;;;;;;;;;;;;;;;;;;;;;;;;;;;;;/q-2;;;;;;;;;;;;;;;;;;;;;;;;;;;;;;;;;;;;;;;;;;;;;;;;;;;;;;;;;;;;;;;. The average Bonchev–Trinajstić information content (AvgIpc) is 1.65. The quantitative estimate of drug-likeness (QED) is 0.382. The van der Waals surface area contributed by atoms with Crippen molar-refractivity contribution in [2.24, 2.45) is 0 Å². The first-order valence-corrected chi connectivity index (χ1v) is 2.32. The van der Waals surface area contributed by atoms with Crippen molar-refractivity contribution >= 4 is 5.78 Å². The summed E-state index contributed by atoms with van der Waals surface area (Å²) in [5, 5.41) is 0. The molecule has 0 spiro atoms. The molecule has 0 saturated carbocycles. The molecule has 0 rings (SSSR count). The molecular formula is C6H10OY63-2. The summed E-state index contributed by atoms with van der Waals surface area (Å²) in [4.78, 5) is 10.4. The summed E-state index contributed by atoms with van der Waals surface area (Å²) in [6.45, 7) is 5.36. The van der Waals surface area contributed by atoms with E-state index in [1.807, 2.05) is 13.8 Å². The van der Waals surface area contributed by atoms with E-state index in [9.17, 15) is 4.79 Å². The van der Waals surface area contributed by atoms with Crippen LogP contribution in [0.3, 0.4) is 0 Å². The predicted molar refractivity (Wildman–Crippen MR) is 29.6 cm³/mol. The molecule has 0 heterocycles. The van der Waals surface area contributed by atoms with Gasteiger partial charge in [-0.2, -0.15) is 20.8 Å². The van der Waals surface area contributed by atoms with Crippen LogP contribution in [0.1, 0.15) is 20.8 Å². The zero-order valence-corrected chi connectivity index (χ0v) is 220. The van der Waals surface area contributed by atoms with Crippen molar-refractivity contribution in [1.29, 1.82) is 0 Å². The first-order chi connectivity index (χ1) is 3.18. The SMILES string of the molecule is C[CH-]C(=O)[C-](C)C.[Y].[Y].[Y].[Y].[Y].[Y].[Y].[Y].[Y].[Y].[Y].[Y].[Y].[Y].[Y].[Y].[Y].[Y].[Y].[Y].[Y].[Y].[Y].[Y].[Y].[Y].[Y].[Y].[Y].[Y].[Y].[Y].[Y].[Y].[Y].[Y].[Y].[Y].[Y].[Y].[Y].[Y].[Y].[Y].[Y].[Y].[Y].[Y].[Y].[Y].[Y].[Y].[Y].[Y].[Y].[Y].[Y].[Y].[Y].[Y].[Y].[Y].[Y]. The zero-order chi connectivity index (χ0) is 5.86. The van der Waals surface area contributed by atoms with Gasteiger partial charge in [-0.1, -0.05) is 0 Å². The Kier molecular flexibility index (Phi) is 3020. The van der Waals surface area contributed by atoms with E-state index in [2.05, 4.69) is 0 Å². The molecule has 0 aromatic heterocycles. The van der Waals surface area contributed by atoms with Crippen molar-refractivity contribution in [2.75, 3.05) is 0 Å². The molecular weight excluding hydrogens is 5690 g/mol. The maximum absolute atomic E-state index is 10.4. The second-order valence-electron chi connectivity index (χ2n) is 1.65. The van der Waals surface area contributed by atoms with Gasteiger partial charge in [0.15, 0.2) is 0 Å². The van der Waals surface area contributed by atoms with Gasteiger partial charge in [0, 0.05) is 2060 Å². The van der Waals surface area contributed by atoms with Crippen LogP contribution >= 0.6 is 0 Å². The van der Waals surface area contributed by atoms with Gasteiger partial charge in [-0.3, -0.25) is 0 Å². The summed E-state index contributed by atoms with van der Waals surface area (Å²) in [5.74, 6) is 0.988. The molecule has 0 unspecified atom stereocenters. The molecule has 231 valence electrons. The fourth-order valence-corrected chi connectivity index (χ4v) is 0.289. The fourth-order valence-electron chi connectivity index (χ4n) is 0.289. The summed E-state index contributed by atoms with van der Waals surface area (Å²) in [7, 11) is 0. The van der Waals surface area contributed by atoms with E-state index < -0.39 is 0 Å². The van der Waals surface area contributed by atoms with Crippen molar-refractivity contribution in [3.63, 3.8) is 0 Å². The van der Waals surface area contributed by atoms with Crippen molar-refractivity contribution in [2.45, 2.75) is 20.8 Å². The summed E-state index contributed by atoms with van der Waals surface area (Å²) in [5.41, 5.74) is 0. The van der Waals surface area contributed by atoms with Crippen LogP contribution in [0.5, 0.6) is 0 Å². The molecule has 63 radical (unpaired) electrons. The van der Waals surface area contributed by atoms with Gasteiger partial charge in [-0.15, -0.1) is 5.78 Å². The summed E-state index contributed by atoms with van der Waals surface area (Å²) < 4.78 is 0. The van der Waals surface area contributed by atoms with E-state index in [1.165, 1.54) is 0 Å². The molecule has 0 aliphatic carbocycles. The van der Waals surface area contributed by atoms with Crippen LogP contribution in [0, 0.1) is 12.3 Å². The van der Waals surface area contributed by atoms with Gasteiger partial charge in [-0.05, 0) is 0 Å². The largest absolute Gasteiger partial charge is 0.368 e. The number of rotatable bonds is 2. The number of carbonyl (C=O) groups is 1. The summed E-state index contributed by atoms with van der Waals surface area (Å²) >= 11 is 0. The van der Waals surface area contributed by atoms with E-state index in [-0.39, 0.29) is 2070 Å². The Labute approximate surface area is 2020 Å². The molecule has 64 heteroatoms. The molecule has 0 N–H and O–H groups in total. The average molecular weight is 5700 g/mol. The molecule has 70 heavy (non-hydrogen) atoms. The van der Waals surface area contributed by atoms with Gasteiger partial charge in [0.1, 0.15) is 0 Å². The molecule has 0 amide bonds. The summed E-state index contributed by atoms with van der Waals surface area (Å²) in [6.07, 6.45) is 1.56. The van der Waals surface area contributed by atoms with Crippen LogP contribution in [0.25, 0.3) is 0 Å². The van der Waals surface area contributed by atoms with Crippen molar-refractivity contribution in [3.05, 3.63) is 12.3 Å². The minimum Gasteiger partial charge on any atom is -0.368 e. The van der Waals surface area contributed by atoms with Crippen LogP contribution in [-0.4, -0.2) is 5.78 Å². The van der Waals surface area contributed by atoms with E-state index >= 15 is 0 Å². The van der Waals surface area contributed by atoms with Crippen LogP contribution in [0.2, 0.25) is 0 Å². The Hall–Kier alpha value is 69.0. The van der Waals surface area contributed by atoms with Crippen molar-refractivity contribution in [1.82, 2.24) is 0 Å². The molecule has 0 atom stereocenters. The Bertz CT molecular complexity index is 97.4. The van der Waals surface area contributed by atoms with Crippen molar-refractivity contribution in [3.8, 4) is 0 Å². The molecule has 0 fully saturated rings. The van der Waals surface area contributed by atoms with E-state index in [0.717, 1.165) is 5.92 Å². The normalized spacial score (nSPS) is 0.786. The van der Waals surface area contributed by atoms with Gasteiger partial charge in [0.2, 0.25) is 0 Å². The third-order valence-corrected chi connectivity index (χ3v) is 0.755. The topological polar surface area (TPSA) is 17.1 Å². The number of hydrogen-bond donors (Lipinski definition) is 0. The minimum absolute atomic E-state index is 0. The number of ketones is 1. The monoisotopic (exact) mass is 5700 g/mol. The van der Waals surface area contributed by atoms with E-state index in [4.69, 9.17) is 0 Å². The maximum Gasteiger partial charge on any atom is 0 e.